The van der Waals surface area contributed by atoms with Gasteiger partial charge in [-0.3, -0.25) is 5.32 Å². The molecule has 0 saturated heterocycles. The lowest BCUT2D eigenvalue weighted by atomic mass is 10.1. The molecule has 2 heterocycles. The zero-order valence-electron chi connectivity index (χ0n) is 15.2. The molecule has 27 heavy (non-hydrogen) atoms. The van der Waals surface area contributed by atoms with Crippen LogP contribution >= 0.6 is 0 Å². The zero-order valence-corrected chi connectivity index (χ0v) is 15.2. The molecule has 0 atom stereocenters. The van der Waals surface area contributed by atoms with E-state index in [9.17, 15) is 4.79 Å². The van der Waals surface area contributed by atoms with Gasteiger partial charge < -0.3 is 15.6 Å². The summed E-state index contributed by atoms with van der Waals surface area (Å²) >= 11 is 0. The fourth-order valence-electron chi connectivity index (χ4n) is 3.36. The Kier molecular flexibility index (Phi) is 4.86. The van der Waals surface area contributed by atoms with Gasteiger partial charge in [0.15, 0.2) is 0 Å². The fourth-order valence-corrected chi connectivity index (χ4v) is 3.36. The number of nitrogens with zero attached hydrogens (tertiary/aromatic N) is 3. The van der Waals surface area contributed by atoms with Crippen LogP contribution in [0, 0.1) is 0 Å². The van der Waals surface area contributed by atoms with Gasteiger partial charge in [-0.05, 0) is 37.5 Å². The minimum atomic E-state index is -0.282. The number of carbonyl (C=O) groups is 1. The maximum Gasteiger partial charge on any atom is 0.321 e. The van der Waals surface area contributed by atoms with Crippen LogP contribution in [-0.4, -0.2) is 38.6 Å². The lowest BCUT2D eigenvalue weighted by Gasteiger charge is -2.11. The summed E-state index contributed by atoms with van der Waals surface area (Å²) in [6, 6.07) is 6.09. The number of nitrogens with one attached hydrogen (secondary N) is 4. The summed E-state index contributed by atoms with van der Waals surface area (Å²) < 4.78 is 0. The minimum absolute atomic E-state index is 0.282. The minimum Gasteiger partial charge on any atom is -0.351 e. The summed E-state index contributed by atoms with van der Waals surface area (Å²) in [6.07, 6.45) is 8.58. The smallest absolute Gasteiger partial charge is 0.321 e. The number of H-pyrrole nitrogens is 1. The van der Waals surface area contributed by atoms with Gasteiger partial charge >= 0.3 is 6.03 Å². The van der Waals surface area contributed by atoms with Crippen LogP contribution in [0.2, 0.25) is 0 Å². The number of benzene rings is 1. The first-order valence-corrected chi connectivity index (χ1v) is 9.35. The molecule has 1 aliphatic carbocycles. The maximum absolute atomic E-state index is 11.6. The van der Waals surface area contributed by atoms with Crippen molar-refractivity contribution in [2.75, 3.05) is 17.2 Å². The molecule has 1 fully saturated rings. The third-order valence-corrected chi connectivity index (χ3v) is 4.73. The molecular formula is C19H23N7O. The normalized spacial score (nSPS) is 14.4. The highest BCUT2D eigenvalue weighted by Gasteiger charge is 2.15. The molecule has 0 radical (unpaired) electrons. The van der Waals surface area contributed by atoms with Crippen LogP contribution in [0.25, 0.3) is 22.2 Å². The van der Waals surface area contributed by atoms with E-state index in [2.05, 4.69) is 35.9 Å². The third kappa shape index (κ3) is 3.99. The summed E-state index contributed by atoms with van der Waals surface area (Å²) in [5.74, 6) is 1.10. The van der Waals surface area contributed by atoms with Crippen molar-refractivity contribution in [2.45, 2.75) is 38.6 Å². The highest BCUT2D eigenvalue weighted by atomic mass is 16.2. The summed E-state index contributed by atoms with van der Waals surface area (Å²) in [5, 5.41) is 8.75. The van der Waals surface area contributed by atoms with Gasteiger partial charge in [0.05, 0.1) is 11.0 Å². The lowest BCUT2D eigenvalue weighted by Crippen LogP contribution is -2.28. The highest BCUT2D eigenvalue weighted by molar-refractivity contribution is 5.90. The van der Waals surface area contributed by atoms with E-state index in [1.54, 1.807) is 0 Å². The van der Waals surface area contributed by atoms with E-state index in [0.29, 0.717) is 24.5 Å². The van der Waals surface area contributed by atoms with E-state index < -0.39 is 0 Å². The van der Waals surface area contributed by atoms with Crippen LogP contribution in [0.3, 0.4) is 0 Å². The van der Waals surface area contributed by atoms with E-state index in [-0.39, 0.29) is 6.03 Å². The van der Waals surface area contributed by atoms with Crippen molar-refractivity contribution >= 4 is 29.0 Å². The standard InChI is InChI=1S/C19H23N7O/c1-2-20-19(27)26-18-24-15-8-7-12(9-16(15)25-18)13-10-21-17(22-11-13)23-14-5-3-4-6-14/h7-11,14H,2-6H2,1H3,(H,21,22,23)(H3,20,24,25,26,27). The van der Waals surface area contributed by atoms with Crippen LogP contribution in [0.1, 0.15) is 32.6 Å². The quantitative estimate of drug-likeness (QED) is 0.553. The van der Waals surface area contributed by atoms with Crippen LogP contribution in [0.4, 0.5) is 16.7 Å². The van der Waals surface area contributed by atoms with E-state index >= 15 is 0 Å². The second-order valence-corrected chi connectivity index (χ2v) is 6.72. The Labute approximate surface area is 157 Å². The van der Waals surface area contributed by atoms with Crippen LogP contribution in [0.5, 0.6) is 0 Å². The largest absolute Gasteiger partial charge is 0.351 e. The number of fused-ring (bicyclic) bond motifs is 1. The van der Waals surface area contributed by atoms with Gasteiger partial charge in [0.1, 0.15) is 0 Å². The van der Waals surface area contributed by atoms with Crippen molar-refractivity contribution in [1.29, 1.82) is 0 Å². The molecule has 0 spiro atoms. The molecule has 0 aliphatic heterocycles. The predicted molar refractivity (Wildman–Crippen MR) is 106 cm³/mol. The highest BCUT2D eigenvalue weighted by Crippen LogP contribution is 2.25. The Morgan fingerprint density at radius 1 is 1.19 bits per heavy atom. The van der Waals surface area contributed by atoms with Crippen molar-refractivity contribution in [3.05, 3.63) is 30.6 Å². The lowest BCUT2D eigenvalue weighted by molar-refractivity contribution is 0.252. The van der Waals surface area contributed by atoms with E-state index in [1.807, 2.05) is 37.5 Å². The average molecular weight is 365 g/mol. The summed E-state index contributed by atoms with van der Waals surface area (Å²) in [5.41, 5.74) is 3.53. The monoisotopic (exact) mass is 365 g/mol. The number of aromatic amines is 1. The molecule has 0 unspecified atom stereocenters. The first-order chi connectivity index (χ1) is 13.2. The SMILES string of the molecule is CCNC(=O)Nc1nc2cc(-c3cnc(NC4CCCC4)nc3)ccc2[nH]1. The Bertz CT molecular complexity index is 929. The molecule has 0 bridgehead atoms. The third-order valence-electron chi connectivity index (χ3n) is 4.73. The molecule has 1 aromatic carbocycles. The van der Waals surface area contributed by atoms with Crippen molar-refractivity contribution in [2.24, 2.45) is 0 Å². The van der Waals surface area contributed by atoms with Gasteiger partial charge in [0.25, 0.3) is 0 Å². The summed E-state index contributed by atoms with van der Waals surface area (Å²) in [6.45, 7) is 2.42. The van der Waals surface area contributed by atoms with E-state index in [0.717, 1.165) is 22.2 Å². The predicted octanol–water partition coefficient (Wildman–Crippen LogP) is 3.52. The molecule has 3 aromatic rings. The van der Waals surface area contributed by atoms with Crippen molar-refractivity contribution in [3.8, 4) is 11.1 Å². The molecule has 1 saturated carbocycles. The van der Waals surface area contributed by atoms with Gasteiger partial charge in [-0.25, -0.2) is 19.7 Å². The molecule has 8 heteroatoms. The fraction of sp³-hybridized carbons (Fsp3) is 0.368. The number of carbonyl (C=O) groups excluding carboxylic acids is 1. The number of aromatic nitrogens is 4. The van der Waals surface area contributed by atoms with Crippen molar-refractivity contribution in [1.82, 2.24) is 25.3 Å². The maximum atomic E-state index is 11.6. The number of imidazole rings is 1. The number of hydrogen-bond acceptors (Lipinski definition) is 5. The Morgan fingerprint density at radius 2 is 1.96 bits per heavy atom. The summed E-state index contributed by atoms with van der Waals surface area (Å²) in [7, 11) is 0. The van der Waals surface area contributed by atoms with Gasteiger partial charge in [-0.1, -0.05) is 18.9 Å². The number of anilines is 2. The van der Waals surface area contributed by atoms with Gasteiger partial charge in [0, 0.05) is 30.5 Å². The molecule has 4 N–H and O–H groups in total. The molecule has 1 aliphatic rings. The van der Waals surface area contributed by atoms with Crippen LogP contribution in [0.15, 0.2) is 30.6 Å². The van der Waals surface area contributed by atoms with Crippen molar-refractivity contribution < 1.29 is 4.79 Å². The zero-order chi connectivity index (χ0) is 18.6. The van der Waals surface area contributed by atoms with E-state index in [4.69, 9.17) is 0 Å². The summed E-state index contributed by atoms with van der Waals surface area (Å²) in [4.78, 5) is 28.0. The Morgan fingerprint density at radius 3 is 2.70 bits per heavy atom. The van der Waals surface area contributed by atoms with Crippen LogP contribution in [-0.2, 0) is 0 Å². The Balaban J connectivity index is 1.50. The number of amides is 2. The van der Waals surface area contributed by atoms with Crippen LogP contribution < -0.4 is 16.0 Å². The topological polar surface area (TPSA) is 108 Å². The molecule has 4 rings (SSSR count). The number of rotatable bonds is 5. The van der Waals surface area contributed by atoms with Crippen molar-refractivity contribution in [3.63, 3.8) is 0 Å². The molecular weight excluding hydrogens is 342 g/mol. The molecule has 2 amide bonds. The average Bonchev–Trinajstić information content (AvgIpc) is 3.31. The molecule has 140 valence electrons. The first-order valence-electron chi connectivity index (χ1n) is 9.35. The second-order valence-electron chi connectivity index (χ2n) is 6.72. The first kappa shape index (κ1) is 17.3. The van der Waals surface area contributed by atoms with Gasteiger partial charge in [-0.15, -0.1) is 0 Å². The van der Waals surface area contributed by atoms with E-state index in [1.165, 1.54) is 25.7 Å². The number of hydrogen-bond donors (Lipinski definition) is 4. The van der Waals surface area contributed by atoms with Gasteiger partial charge in [-0.2, -0.15) is 0 Å². The Hall–Kier alpha value is -3.16. The number of urea groups is 1. The molecule has 2 aromatic heterocycles. The second kappa shape index (κ2) is 7.61. The molecule has 8 nitrogen and oxygen atoms in total. The van der Waals surface area contributed by atoms with Gasteiger partial charge in [0.2, 0.25) is 11.9 Å².